The predicted octanol–water partition coefficient (Wildman–Crippen LogP) is 3.09. The van der Waals surface area contributed by atoms with E-state index in [0.29, 0.717) is 30.5 Å². The molecule has 1 saturated heterocycles. The first-order chi connectivity index (χ1) is 12.8. The van der Waals surface area contributed by atoms with Crippen molar-refractivity contribution in [3.8, 4) is 0 Å². The molecule has 0 radical (unpaired) electrons. The second kappa shape index (κ2) is 7.92. The summed E-state index contributed by atoms with van der Waals surface area (Å²) in [6, 6.07) is 7.42. The summed E-state index contributed by atoms with van der Waals surface area (Å²) in [6.45, 7) is 0.0598. The molecule has 27 heavy (non-hydrogen) atoms. The van der Waals surface area contributed by atoms with Crippen LogP contribution in [0.15, 0.2) is 47.4 Å². The molecule has 1 amide bonds. The lowest BCUT2D eigenvalue weighted by Crippen LogP contribution is -2.52. The molecule has 0 aromatic heterocycles. The highest BCUT2D eigenvalue weighted by Gasteiger charge is 2.37. The number of sulfonamides is 1. The quantitative estimate of drug-likeness (QED) is 0.817. The Morgan fingerprint density at radius 1 is 1.15 bits per heavy atom. The molecule has 9 heteroatoms. The number of halogens is 3. The number of hydrogen-bond acceptors (Lipinski definition) is 3. The highest BCUT2D eigenvalue weighted by Crippen LogP contribution is 2.26. The smallest absolute Gasteiger partial charge is 0.244 e. The van der Waals surface area contributed by atoms with Gasteiger partial charge in [-0.15, -0.1) is 0 Å². The van der Waals surface area contributed by atoms with Gasteiger partial charge >= 0.3 is 0 Å². The summed E-state index contributed by atoms with van der Waals surface area (Å²) >= 11 is 5.82. The fourth-order valence-electron chi connectivity index (χ4n) is 2.95. The van der Waals surface area contributed by atoms with Crippen molar-refractivity contribution in [1.82, 2.24) is 9.62 Å². The van der Waals surface area contributed by atoms with Crippen LogP contribution in [0.5, 0.6) is 0 Å². The van der Waals surface area contributed by atoms with Crippen molar-refractivity contribution in [1.29, 1.82) is 0 Å². The van der Waals surface area contributed by atoms with Crippen molar-refractivity contribution in [2.75, 3.05) is 6.54 Å². The molecule has 2 aromatic rings. The molecule has 1 fully saturated rings. The van der Waals surface area contributed by atoms with E-state index in [9.17, 15) is 22.0 Å². The second-order valence-corrected chi connectivity index (χ2v) is 8.52. The normalized spacial score (nSPS) is 17.8. The number of nitrogens with zero attached hydrogens (tertiary/aromatic N) is 1. The summed E-state index contributed by atoms with van der Waals surface area (Å²) in [5, 5.41) is 3.00. The van der Waals surface area contributed by atoms with Crippen molar-refractivity contribution in [2.45, 2.75) is 30.3 Å². The van der Waals surface area contributed by atoms with Crippen LogP contribution in [0, 0.1) is 11.6 Å². The SMILES string of the molecule is O=C1NCCC[C@H]1N(Cc1ccc(F)cc1F)S(=O)(=O)c1ccc(Cl)cc1. The number of rotatable bonds is 5. The molecule has 2 aromatic carbocycles. The van der Waals surface area contributed by atoms with Crippen LogP contribution < -0.4 is 5.32 Å². The monoisotopic (exact) mass is 414 g/mol. The van der Waals surface area contributed by atoms with Gasteiger partial charge in [0.15, 0.2) is 0 Å². The minimum absolute atomic E-state index is 0.0210. The third-order valence-electron chi connectivity index (χ3n) is 4.37. The maximum atomic E-state index is 14.1. The Morgan fingerprint density at radius 3 is 2.48 bits per heavy atom. The molecule has 1 atom stereocenters. The standard InChI is InChI=1S/C18H17ClF2N2O3S/c19-13-4-7-15(8-5-13)27(25,26)23(17-2-1-9-22-18(17)24)11-12-3-6-14(20)10-16(12)21/h3-8,10,17H,1-2,9,11H2,(H,22,24)/t17-/m1/s1. The van der Waals surface area contributed by atoms with Crippen LogP contribution in [0.3, 0.4) is 0 Å². The lowest BCUT2D eigenvalue weighted by molar-refractivity contribution is -0.126. The Labute approximate surface area is 161 Å². The van der Waals surface area contributed by atoms with Crippen molar-refractivity contribution in [3.05, 3.63) is 64.7 Å². The maximum Gasteiger partial charge on any atom is 0.244 e. The van der Waals surface area contributed by atoms with Gasteiger partial charge in [0.2, 0.25) is 15.9 Å². The van der Waals surface area contributed by atoms with E-state index in [2.05, 4.69) is 5.32 Å². The first-order valence-electron chi connectivity index (χ1n) is 8.28. The molecular formula is C18H17ClF2N2O3S. The molecule has 0 saturated carbocycles. The van der Waals surface area contributed by atoms with E-state index in [0.717, 1.165) is 10.4 Å². The van der Waals surface area contributed by atoms with Crippen molar-refractivity contribution in [3.63, 3.8) is 0 Å². The van der Waals surface area contributed by atoms with Crippen molar-refractivity contribution in [2.24, 2.45) is 0 Å². The van der Waals surface area contributed by atoms with E-state index in [-0.39, 0.29) is 10.5 Å². The molecule has 0 aliphatic carbocycles. The number of amides is 1. The van der Waals surface area contributed by atoms with E-state index >= 15 is 0 Å². The van der Waals surface area contributed by atoms with Gasteiger partial charge in [-0.1, -0.05) is 17.7 Å². The van der Waals surface area contributed by atoms with Gasteiger partial charge in [-0.3, -0.25) is 4.79 Å². The lowest BCUT2D eigenvalue weighted by atomic mass is 10.1. The number of benzene rings is 2. The Hall–Kier alpha value is -2.03. The fraction of sp³-hybridized carbons (Fsp3) is 0.278. The first kappa shape index (κ1) is 19.7. The van der Waals surface area contributed by atoms with E-state index in [1.54, 1.807) is 0 Å². The van der Waals surface area contributed by atoms with Gasteiger partial charge in [0, 0.05) is 29.7 Å². The van der Waals surface area contributed by atoms with Crippen molar-refractivity contribution < 1.29 is 22.0 Å². The van der Waals surface area contributed by atoms with E-state index in [4.69, 9.17) is 11.6 Å². The molecule has 144 valence electrons. The molecule has 1 aliphatic rings. The predicted molar refractivity (Wildman–Crippen MR) is 96.6 cm³/mol. The largest absolute Gasteiger partial charge is 0.355 e. The van der Waals surface area contributed by atoms with Gasteiger partial charge in [-0.2, -0.15) is 4.31 Å². The summed E-state index contributed by atoms with van der Waals surface area (Å²) in [6.07, 6.45) is 0.899. The molecule has 1 aliphatic heterocycles. The van der Waals surface area contributed by atoms with Crippen LogP contribution in [0.2, 0.25) is 5.02 Å². The topological polar surface area (TPSA) is 66.5 Å². The fourth-order valence-corrected chi connectivity index (χ4v) is 4.68. The highest BCUT2D eigenvalue weighted by atomic mass is 35.5. The van der Waals surface area contributed by atoms with Gasteiger partial charge < -0.3 is 5.32 Å². The second-order valence-electron chi connectivity index (χ2n) is 6.19. The van der Waals surface area contributed by atoms with Gasteiger partial charge in [-0.05, 0) is 43.2 Å². The van der Waals surface area contributed by atoms with Gasteiger partial charge in [0.05, 0.1) is 4.90 Å². The molecule has 0 bridgehead atoms. The van der Waals surface area contributed by atoms with Crippen LogP contribution in [-0.4, -0.2) is 31.2 Å². The van der Waals surface area contributed by atoms with Crippen LogP contribution in [0.25, 0.3) is 0 Å². The minimum atomic E-state index is -4.12. The summed E-state index contributed by atoms with van der Waals surface area (Å²) < 4.78 is 54.6. The third kappa shape index (κ3) is 4.28. The van der Waals surface area contributed by atoms with Crippen molar-refractivity contribution >= 4 is 27.5 Å². The zero-order valence-electron chi connectivity index (χ0n) is 14.2. The third-order valence-corrected chi connectivity index (χ3v) is 6.49. The molecule has 5 nitrogen and oxygen atoms in total. The molecule has 3 rings (SSSR count). The first-order valence-corrected chi connectivity index (χ1v) is 10.1. The average Bonchev–Trinajstić information content (AvgIpc) is 2.62. The zero-order chi connectivity index (χ0) is 19.6. The van der Waals surface area contributed by atoms with E-state index in [1.807, 2.05) is 0 Å². The lowest BCUT2D eigenvalue weighted by Gasteiger charge is -2.32. The molecular weight excluding hydrogens is 398 g/mol. The number of hydrogen-bond donors (Lipinski definition) is 1. The number of nitrogens with one attached hydrogen (secondary N) is 1. The van der Waals surface area contributed by atoms with Gasteiger partial charge in [0.1, 0.15) is 17.7 Å². The Balaban J connectivity index is 2.03. The van der Waals surface area contributed by atoms with Gasteiger partial charge in [0.25, 0.3) is 0 Å². The summed E-state index contributed by atoms with van der Waals surface area (Å²) in [4.78, 5) is 12.2. The summed E-state index contributed by atoms with van der Waals surface area (Å²) in [7, 11) is -4.12. The Morgan fingerprint density at radius 2 is 1.85 bits per heavy atom. The number of carbonyl (C=O) groups excluding carboxylic acids is 1. The Kier molecular flexibility index (Phi) is 5.78. The molecule has 1 heterocycles. The Bertz CT molecular complexity index is 952. The average molecular weight is 415 g/mol. The van der Waals surface area contributed by atoms with Gasteiger partial charge in [-0.25, -0.2) is 17.2 Å². The molecule has 0 spiro atoms. The summed E-state index contributed by atoms with van der Waals surface area (Å²) in [5.41, 5.74) is -0.0210. The number of carbonyl (C=O) groups is 1. The highest BCUT2D eigenvalue weighted by molar-refractivity contribution is 7.89. The molecule has 0 unspecified atom stereocenters. The van der Waals surface area contributed by atoms with Crippen LogP contribution in [0.4, 0.5) is 8.78 Å². The maximum absolute atomic E-state index is 14.1. The minimum Gasteiger partial charge on any atom is -0.355 e. The van der Waals surface area contributed by atoms with E-state index < -0.39 is 40.2 Å². The van der Waals surface area contributed by atoms with E-state index in [1.165, 1.54) is 30.3 Å². The summed E-state index contributed by atoms with van der Waals surface area (Å²) in [5.74, 6) is -2.08. The van der Waals surface area contributed by atoms with Crippen LogP contribution >= 0.6 is 11.6 Å². The zero-order valence-corrected chi connectivity index (χ0v) is 15.7. The number of piperidine rings is 1. The van der Waals surface area contributed by atoms with Crippen LogP contribution in [-0.2, 0) is 21.4 Å². The van der Waals surface area contributed by atoms with Crippen LogP contribution in [0.1, 0.15) is 18.4 Å². The molecule has 1 N–H and O–H groups in total.